The number of likely N-dealkylation sites (tertiary alicyclic amines) is 1. The van der Waals surface area contributed by atoms with Crippen molar-refractivity contribution in [3.63, 3.8) is 0 Å². The number of carbonyl (C=O) groups excluding carboxylic acids is 1. The lowest BCUT2D eigenvalue weighted by Gasteiger charge is -2.26. The molecule has 144 valence electrons. The average Bonchev–Trinajstić information content (AvgIpc) is 3.11. The molecule has 1 heterocycles. The molecule has 0 aromatic heterocycles. The van der Waals surface area contributed by atoms with Crippen LogP contribution in [0.5, 0.6) is 11.5 Å². The van der Waals surface area contributed by atoms with Crippen molar-refractivity contribution >= 4 is 11.6 Å². The van der Waals surface area contributed by atoms with Gasteiger partial charge in [-0.15, -0.1) is 0 Å². The molecule has 1 aliphatic rings. The average molecular weight is 368 g/mol. The number of rotatable bonds is 6. The highest BCUT2D eigenvalue weighted by molar-refractivity contribution is 5.93. The van der Waals surface area contributed by atoms with Crippen molar-refractivity contribution in [3.8, 4) is 11.5 Å². The van der Waals surface area contributed by atoms with Crippen LogP contribution in [0.3, 0.4) is 0 Å². The molecule has 0 unspecified atom stereocenters. The number of nitrogens with one attached hydrogen (secondary N) is 1. The molecular formula is C22H28N2O3. The number of aryl methyl sites for hydroxylation is 2. The zero-order chi connectivity index (χ0) is 19.4. The molecule has 1 aliphatic heterocycles. The van der Waals surface area contributed by atoms with Gasteiger partial charge >= 0.3 is 0 Å². The molecule has 1 fully saturated rings. The molecule has 1 saturated heterocycles. The minimum absolute atomic E-state index is 0.0167. The van der Waals surface area contributed by atoms with Crippen molar-refractivity contribution in [2.45, 2.75) is 32.7 Å². The summed E-state index contributed by atoms with van der Waals surface area (Å²) < 4.78 is 10.9. The monoisotopic (exact) mass is 368 g/mol. The number of anilines is 1. The first kappa shape index (κ1) is 19.2. The van der Waals surface area contributed by atoms with Gasteiger partial charge in [0, 0.05) is 23.4 Å². The van der Waals surface area contributed by atoms with E-state index in [2.05, 4.69) is 16.3 Å². The van der Waals surface area contributed by atoms with Gasteiger partial charge in [-0.3, -0.25) is 9.69 Å². The zero-order valence-corrected chi connectivity index (χ0v) is 16.5. The van der Waals surface area contributed by atoms with Gasteiger partial charge in [-0.1, -0.05) is 18.2 Å². The van der Waals surface area contributed by atoms with E-state index in [0.717, 1.165) is 53.3 Å². The van der Waals surface area contributed by atoms with Crippen LogP contribution in [0.25, 0.3) is 0 Å². The topological polar surface area (TPSA) is 50.8 Å². The van der Waals surface area contributed by atoms with Gasteiger partial charge < -0.3 is 14.8 Å². The van der Waals surface area contributed by atoms with Crippen LogP contribution in [0.15, 0.2) is 36.4 Å². The predicted molar refractivity (Wildman–Crippen MR) is 108 cm³/mol. The predicted octanol–water partition coefficient (Wildman–Crippen LogP) is 4.10. The molecule has 0 radical (unpaired) electrons. The molecule has 5 heteroatoms. The first-order valence-corrected chi connectivity index (χ1v) is 9.35. The van der Waals surface area contributed by atoms with Crippen molar-refractivity contribution in [1.29, 1.82) is 0 Å². The second kappa shape index (κ2) is 8.44. The summed E-state index contributed by atoms with van der Waals surface area (Å²) in [5.41, 5.74) is 4.20. The number of ether oxygens (including phenoxy) is 2. The quantitative estimate of drug-likeness (QED) is 0.834. The van der Waals surface area contributed by atoms with Crippen LogP contribution in [0, 0.1) is 13.8 Å². The summed E-state index contributed by atoms with van der Waals surface area (Å²) in [6.45, 7) is 5.31. The molecular weight excluding hydrogens is 340 g/mol. The highest BCUT2D eigenvalue weighted by Gasteiger charge is 2.30. The Balaban J connectivity index is 1.73. The second-order valence-electron chi connectivity index (χ2n) is 7.10. The van der Waals surface area contributed by atoms with E-state index in [1.807, 2.05) is 44.2 Å². The SMILES string of the molecule is COc1ccc([C@H]2CCCN2CC(=O)Nc2cc(C)ccc2C)c(OC)c1. The van der Waals surface area contributed by atoms with Crippen molar-refractivity contribution < 1.29 is 14.3 Å². The molecule has 0 saturated carbocycles. The Bertz CT molecular complexity index is 819. The smallest absolute Gasteiger partial charge is 0.238 e. The van der Waals surface area contributed by atoms with Crippen LogP contribution in [0.4, 0.5) is 5.69 Å². The lowest BCUT2D eigenvalue weighted by molar-refractivity contribution is -0.117. The summed E-state index contributed by atoms with van der Waals surface area (Å²) in [7, 11) is 3.32. The Morgan fingerprint density at radius 1 is 1.15 bits per heavy atom. The molecule has 3 rings (SSSR count). The van der Waals surface area contributed by atoms with Gasteiger partial charge in [-0.25, -0.2) is 0 Å². The maximum atomic E-state index is 12.7. The summed E-state index contributed by atoms with van der Waals surface area (Å²) in [5, 5.41) is 3.06. The number of carbonyl (C=O) groups is 1. The van der Waals surface area contributed by atoms with Crippen LogP contribution in [0.1, 0.15) is 35.6 Å². The minimum atomic E-state index is 0.0167. The van der Waals surface area contributed by atoms with E-state index in [9.17, 15) is 4.79 Å². The normalized spacial score (nSPS) is 17.0. The molecule has 1 amide bonds. The molecule has 0 aliphatic carbocycles. The molecule has 27 heavy (non-hydrogen) atoms. The standard InChI is InChI=1S/C22H28N2O3/c1-15-7-8-16(2)19(12-15)23-22(25)14-24-11-5-6-20(24)18-10-9-17(26-3)13-21(18)27-4/h7-10,12-13,20H,5-6,11,14H2,1-4H3,(H,23,25)/t20-/m1/s1. The number of benzene rings is 2. The van der Waals surface area contributed by atoms with Crippen molar-refractivity contribution in [2.24, 2.45) is 0 Å². The molecule has 1 N–H and O–H groups in total. The van der Waals surface area contributed by atoms with Gasteiger partial charge in [0.1, 0.15) is 11.5 Å². The van der Waals surface area contributed by atoms with Crippen molar-refractivity contribution in [1.82, 2.24) is 4.90 Å². The Kier molecular flexibility index (Phi) is 6.01. The zero-order valence-electron chi connectivity index (χ0n) is 16.5. The van der Waals surface area contributed by atoms with E-state index in [4.69, 9.17) is 9.47 Å². The highest BCUT2D eigenvalue weighted by atomic mass is 16.5. The summed E-state index contributed by atoms with van der Waals surface area (Å²) in [6, 6.07) is 12.2. The fourth-order valence-electron chi connectivity index (χ4n) is 3.71. The molecule has 5 nitrogen and oxygen atoms in total. The van der Waals surface area contributed by atoms with E-state index < -0.39 is 0 Å². The minimum Gasteiger partial charge on any atom is -0.497 e. The third kappa shape index (κ3) is 4.42. The first-order chi connectivity index (χ1) is 13.0. The Hall–Kier alpha value is -2.53. The van der Waals surface area contributed by atoms with Gasteiger partial charge in [0.05, 0.1) is 20.8 Å². The van der Waals surface area contributed by atoms with Crippen molar-refractivity contribution in [3.05, 3.63) is 53.1 Å². The van der Waals surface area contributed by atoms with Crippen LogP contribution in [-0.2, 0) is 4.79 Å². The third-order valence-electron chi connectivity index (χ3n) is 5.18. The summed E-state index contributed by atoms with van der Waals surface area (Å²) in [5.74, 6) is 1.59. The largest absolute Gasteiger partial charge is 0.497 e. The fraction of sp³-hybridized carbons (Fsp3) is 0.409. The van der Waals surface area contributed by atoms with Crippen molar-refractivity contribution in [2.75, 3.05) is 32.6 Å². The van der Waals surface area contributed by atoms with Gasteiger partial charge in [0.2, 0.25) is 5.91 Å². The van der Waals surface area contributed by atoms with Gasteiger partial charge in [0.15, 0.2) is 0 Å². The van der Waals surface area contributed by atoms with Crippen LogP contribution in [0.2, 0.25) is 0 Å². The molecule has 2 aromatic carbocycles. The lowest BCUT2D eigenvalue weighted by Crippen LogP contribution is -2.33. The molecule has 1 atom stereocenters. The molecule has 0 bridgehead atoms. The second-order valence-corrected chi connectivity index (χ2v) is 7.10. The van der Waals surface area contributed by atoms with E-state index in [0.29, 0.717) is 6.54 Å². The van der Waals surface area contributed by atoms with E-state index in [1.165, 1.54) is 0 Å². The van der Waals surface area contributed by atoms with E-state index in [-0.39, 0.29) is 11.9 Å². The van der Waals surface area contributed by atoms with Crippen LogP contribution < -0.4 is 14.8 Å². The number of hydrogen-bond acceptors (Lipinski definition) is 4. The Morgan fingerprint density at radius 2 is 1.96 bits per heavy atom. The Labute approximate surface area is 161 Å². The lowest BCUT2D eigenvalue weighted by atomic mass is 10.0. The van der Waals surface area contributed by atoms with E-state index in [1.54, 1.807) is 14.2 Å². The third-order valence-corrected chi connectivity index (χ3v) is 5.18. The summed E-state index contributed by atoms with van der Waals surface area (Å²) in [4.78, 5) is 14.9. The maximum Gasteiger partial charge on any atom is 0.238 e. The number of amides is 1. The number of methoxy groups -OCH3 is 2. The molecule has 0 spiro atoms. The first-order valence-electron chi connectivity index (χ1n) is 9.35. The fourth-order valence-corrected chi connectivity index (χ4v) is 3.71. The summed E-state index contributed by atoms with van der Waals surface area (Å²) in [6.07, 6.45) is 2.08. The van der Waals surface area contributed by atoms with Crippen LogP contribution >= 0.6 is 0 Å². The van der Waals surface area contributed by atoms with Gasteiger partial charge in [0.25, 0.3) is 0 Å². The Morgan fingerprint density at radius 3 is 2.70 bits per heavy atom. The maximum absolute atomic E-state index is 12.7. The van der Waals surface area contributed by atoms with Crippen LogP contribution in [-0.4, -0.2) is 38.1 Å². The number of hydrogen-bond donors (Lipinski definition) is 1. The molecule has 2 aromatic rings. The highest BCUT2D eigenvalue weighted by Crippen LogP contribution is 2.38. The summed E-state index contributed by atoms with van der Waals surface area (Å²) >= 11 is 0. The van der Waals surface area contributed by atoms with Gasteiger partial charge in [-0.05, 0) is 56.5 Å². The van der Waals surface area contributed by atoms with E-state index >= 15 is 0 Å². The number of nitrogens with zero attached hydrogens (tertiary/aromatic N) is 1. The van der Waals surface area contributed by atoms with Gasteiger partial charge in [-0.2, -0.15) is 0 Å².